The van der Waals surface area contributed by atoms with Gasteiger partial charge in [-0.05, 0) is 62.8 Å². The normalized spacial score (nSPS) is 21.0. The Morgan fingerprint density at radius 1 is 0.969 bits per heavy atom. The van der Waals surface area contributed by atoms with E-state index in [9.17, 15) is 0 Å². The summed E-state index contributed by atoms with van der Waals surface area (Å²) in [6.07, 6.45) is 9.86. The highest BCUT2D eigenvalue weighted by molar-refractivity contribution is 6.98. The Hall–Kier alpha value is -2.36. The summed E-state index contributed by atoms with van der Waals surface area (Å²) in [5.41, 5.74) is 9.46. The zero-order valence-corrected chi connectivity index (χ0v) is 20.8. The SMILES string of the molecule is C[Si]1(C)C2=CC(=[N+]3CCC3)C=CC2=C(c2ccccc2CCl)c2ccc(N3CCC3)cc21. The molecular formula is C28H30ClN2Si+. The largest absolute Gasteiger partial charge is 0.371 e. The van der Waals surface area contributed by atoms with E-state index >= 15 is 0 Å². The van der Waals surface area contributed by atoms with Gasteiger partial charge >= 0.3 is 0 Å². The number of benzene rings is 2. The molecule has 6 rings (SSSR count). The van der Waals surface area contributed by atoms with Gasteiger partial charge in [-0.15, -0.1) is 11.6 Å². The monoisotopic (exact) mass is 457 g/mol. The summed E-state index contributed by atoms with van der Waals surface area (Å²) in [7, 11) is -1.87. The first-order chi connectivity index (χ1) is 15.6. The minimum atomic E-state index is -1.87. The van der Waals surface area contributed by atoms with Crippen LogP contribution in [0.15, 0.2) is 71.5 Å². The molecule has 2 fully saturated rings. The maximum absolute atomic E-state index is 6.43. The van der Waals surface area contributed by atoms with Gasteiger partial charge in [-0.2, -0.15) is 0 Å². The molecule has 2 aromatic rings. The van der Waals surface area contributed by atoms with Crippen molar-refractivity contribution in [2.75, 3.05) is 31.1 Å². The molecule has 162 valence electrons. The second-order valence-electron chi connectivity index (χ2n) is 9.93. The third kappa shape index (κ3) is 3.02. The number of halogens is 1. The predicted octanol–water partition coefficient (Wildman–Crippen LogP) is 5.26. The number of rotatable bonds is 3. The number of alkyl halides is 1. The van der Waals surface area contributed by atoms with Crippen molar-refractivity contribution in [3.63, 3.8) is 0 Å². The Morgan fingerprint density at radius 3 is 2.47 bits per heavy atom. The minimum absolute atomic E-state index is 0.531. The number of allylic oxidation sites excluding steroid dienone is 5. The van der Waals surface area contributed by atoms with E-state index in [4.69, 9.17) is 11.6 Å². The van der Waals surface area contributed by atoms with Crippen molar-refractivity contribution in [2.24, 2.45) is 0 Å². The van der Waals surface area contributed by atoms with Crippen LogP contribution in [-0.4, -0.2) is 44.5 Å². The Labute approximate surface area is 197 Å². The van der Waals surface area contributed by atoms with E-state index in [1.165, 1.54) is 78.3 Å². The topological polar surface area (TPSA) is 6.25 Å². The van der Waals surface area contributed by atoms with Gasteiger partial charge in [-0.1, -0.05) is 43.4 Å². The zero-order chi connectivity index (χ0) is 21.9. The fourth-order valence-corrected chi connectivity index (χ4v) is 8.84. The Morgan fingerprint density at radius 2 is 1.78 bits per heavy atom. The third-order valence-corrected chi connectivity index (χ3v) is 11.6. The lowest BCUT2D eigenvalue weighted by molar-refractivity contribution is -0.582. The molecule has 2 aromatic carbocycles. The van der Waals surface area contributed by atoms with Crippen molar-refractivity contribution in [3.8, 4) is 0 Å². The second kappa shape index (κ2) is 7.60. The fraction of sp³-hybridized carbons (Fsp3) is 0.321. The smallest absolute Gasteiger partial charge is 0.199 e. The molecule has 0 unspecified atom stereocenters. The van der Waals surface area contributed by atoms with Crippen molar-refractivity contribution in [3.05, 3.63) is 88.2 Å². The van der Waals surface area contributed by atoms with Gasteiger partial charge in [0.15, 0.2) is 5.71 Å². The summed E-state index contributed by atoms with van der Waals surface area (Å²) in [5, 5.41) is 3.13. The van der Waals surface area contributed by atoms with Crippen LogP contribution in [0.25, 0.3) is 5.57 Å². The first-order valence-corrected chi connectivity index (χ1v) is 15.4. The molecule has 0 atom stereocenters. The van der Waals surface area contributed by atoms with E-state index in [1.54, 1.807) is 10.4 Å². The van der Waals surface area contributed by atoms with Gasteiger partial charge in [-0.3, -0.25) is 0 Å². The Balaban J connectivity index is 1.63. The number of hydrogen-bond donors (Lipinski definition) is 0. The molecule has 2 saturated heterocycles. The van der Waals surface area contributed by atoms with E-state index in [0.717, 1.165) is 0 Å². The molecule has 0 amide bonds. The molecule has 0 aromatic heterocycles. The molecule has 32 heavy (non-hydrogen) atoms. The average molecular weight is 458 g/mol. The summed E-state index contributed by atoms with van der Waals surface area (Å²) in [5.74, 6) is 0.531. The third-order valence-electron chi connectivity index (χ3n) is 7.76. The lowest BCUT2D eigenvalue weighted by Crippen LogP contribution is -2.50. The maximum Gasteiger partial charge on any atom is 0.199 e. The van der Waals surface area contributed by atoms with Crippen LogP contribution >= 0.6 is 11.6 Å². The van der Waals surface area contributed by atoms with Gasteiger partial charge in [0.2, 0.25) is 0 Å². The average Bonchev–Trinajstić information content (AvgIpc) is 2.72. The summed E-state index contributed by atoms with van der Waals surface area (Å²) in [4.78, 5) is 2.52. The summed E-state index contributed by atoms with van der Waals surface area (Å²) >= 11 is 6.43. The van der Waals surface area contributed by atoms with Gasteiger partial charge in [0.25, 0.3) is 0 Å². The van der Waals surface area contributed by atoms with Crippen LogP contribution in [0, 0.1) is 0 Å². The van der Waals surface area contributed by atoms with Gasteiger partial charge in [0.05, 0.1) is 6.42 Å². The maximum atomic E-state index is 6.43. The van der Waals surface area contributed by atoms with Crippen molar-refractivity contribution in [2.45, 2.75) is 31.8 Å². The van der Waals surface area contributed by atoms with E-state index in [-0.39, 0.29) is 0 Å². The van der Waals surface area contributed by atoms with Crippen molar-refractivity contribution >= 4 is 41.8 Å². The van der Waals surface area contributed by atoms with Gasteiger partial charge in [0.1, 0.15) is 21.2 Å². The second-order valence-corrected chi connectivity index (χ2v) is 14.5. The minimum Gasteiger partial charge on any atom is -0.371 e. The number of nitrogens with zero attached hydrogens (tertiary/aromatic N) is 2. The molecule has 3 aliphatic heterocycles. The molecule has 0 saturated carbocycles. The molecule has 3 heterocycles. The summed E-state index contributed by atoms with van der Waals surface area (Å²) < 4.78 is 2.52. The highest BCUT2D eigenvalue weighted by Crippen LogP contribution is 2.43. The summed E-state index contributed by atoms with van der Waals surface area (Å²) in [6, 6.07) is 15.9. The van der Waals surface area contributed by atoms with Crippen molar-refractivity contribution < 1.29 is 4.58 Å². The van der Waals surface area contributed by atoms with E-state index < -0.39 is 8.07 Å². The highest BCUT2D eigenvalue weighted by Gasteiger charge is 2.41. The highest BCUT2D eigenvalue weighted by atomic mass is 35.5. The van der Waals surface area contributed by atoms with Crippen LogP contribution in [-0.2, 0) is 5.88 Å². The number of anilines is 1. The van der Waals surface area contributed by atoms with Crippen molar-refractivity contribution in [1.29, 1.82) is 0 Å². The molecule has 0 N–H and O–H groups in total. The van der Waals surface area contributed by atoms with Gasteiger partial charge < -0.3 is 4.90 Å². The van der Waals surface area contributed by atoms with E-state index in [2.05, 4.69) is 83.3 Å². The lowest BCUT2D eigenvalue weighted by atomic mass is 9.87. The molecule has 0 bridgehead atoms. The fourth-order valence-electron chi connectivity index (χ4n) is 5.54. The van der Waals surface area contributed by atoms with Crippen LogP contribution in [0.3, 0.4) is 0 Å². The van der Waals surface area contributed by atoms with Gasteiger partial charge in [0, 0.05) is 36.8 Å². The van der Waals surface area contributed by atoms with Crippen LogP contribution in [0.5, 0.6) is 0 Å². The van der Waals surface area contributed by atoms with Crippen molar-refractivity contribution in [1.82, 2.24) is 0 Å². The molecule has 4 heteroatoms. The summed E-state index contributed by atoms with van der Waals surface area (Å²) in [6.45, 7) is 9.80. The molecule has 0 radical (unpaired) electrons. The van der Waals surface area contributed by atoms with Crippen LogP contribution in [0.1, 0.15) is 29.5 Å². The Bertz CT molecular complexity index is 1240. The molecule has 2 nitrogen and oxygen atoms in total. The number of hydrogen-bond acceptors (Lipinski definition) is 1. The van der Waals surface area contributed by atoms with Crippen LogP contribution in [0.4, 0.5) is 5.69 Å². The van der Waals surface area contributed by atoms with Gasteiger partial charge in [-0.25, -0.2) is 4.58 Å². The quantitative estimate of drug-likeness (QED) is 0.346. The zero-order valence-electron chi connectivity index (χ0n) is 19.0. The van der Waals surface area contributed by atoms with E-state index in [0.29, 0.717) is 5.88 Å². The Kier molecular flexibility index (Phi) is 4.81. The molecule has 0 spiro atoms. The van der Waals surface area contributed by atoms with Crippen LogP contribution < -0.4 is 10.1 Å². The number of fused-ring (bicyclic) bond motifs is 2. The lowest BCUT2D eigenvalue weighted by Gasteiger charge is -2.40. The first-order valence-electron chi connectivity index (χ1n) is 11.9. The predicted molar refractivity (Wildman–Crippen MR) is 139 cm³/mol. The first kappa shape index (κ1) is 20.3. The standard InChI is InChI=1S/C28H30ClN2Si/c1-32(2)26-17-21(30-13-5-14-30)9-11-24(26)28(23-8-4-3-7-20(23)19-29)25-12-10-22(18-27(25)32)31-15-6-16-31/h3-4,7-12,17-18H,5-6,13-16,19H2,1-2H3/q+1. The van der Waals surface area contributed by atoms with E-state index in [1.807, 2.05) is 0 Å². The molecule has 4 aliphatic rings. The molecule has 1 aliphatic carbocycles. The molecular weight excluding hydrogens is 428 g/mol. The van der Waals surface area contributed by atoms with Crippen LogP contribution in [0.2, 0.25) is 13.1 Å².